The molecule has 1 saturated carbocycles. The van der Waals surface area contributed by atoms with Crippen LogP contribution >= 0.6 is 23.2 Å². The van der Waals surface area contributed by atoms with E-state index in [1.54, 1.807) is 13.0 Å². The summed E-state index contributed by atoms with van der Waals surface area (Å²) in [6.07, 6.45) is -3.51. The molecule has 10 heteroatoms. The fraction of sp³-hybridized carbons (Fsp3) is 0.375. The summed E-state index contributed by atoms with van der Waals surface area (Å²) in [7, 11) is 0. The molecule has 1 aliphatic heterocycles. The van der Waals surface area contributed by atoms with E-state index < -0.39 is 18.2 Å². The zero-order valence-electron chi connectivity index (χ0n) is 18.1. The first-order chi connectivity index (χ1) is 16.0. The van der Waals surface area contributed by atoms with Gasteiger partial charge in [0.15, 0.2) is 5.78 Å². The number of aryl methyl sites for hydroxylation is 1. The van der Waals surface area contributed by atoms with Crippen molar-refractivity contribution in [2.24, 2.45) is 11.1 Å². The maximum atomic E-state index is 14.2. The molecular weight excluding hydrogens is 492 g/mol. The Hall–Kier alpha value is -2.58. The van der Waals surface area contributed by atoms with Crippen LogP contribution in [-0.2, 0) is 15.2 Å². The van der Waals surface area contributed by atoms with E-state index in [0.717, 1.165) is 25.0 Å². The number of benzene rings is 2. The van der Waals surface area contributed by atoms with Crippen molar-refractivity contribution in [1.82, 2.24) is 5.32 Å². The molecule has 2 aromatic carbocycles. The van der Waals surface area contributed by atoms with Crippen LogP contribution in [0.1, 0.15) is 52.7 Å². The van der Waals surface area contributed by atoms with Crippen LogP contribution in [0.25, 0.3) is 0 Å². The first kappa shape index (κ1) is 24.5. The van der Waals surface area contributed by atoms with Crippen molar-refractivity contribution in [1.29, 1.82) is 0 Å². The lowest BCUT2D eigenvalue weighted by molar-refractivity contribution is -0.275. The van der Waals surface area contributed by atoms with Crippen LogP contribution in [0.4, 0.5) is 13.2 Å². The Morgan fingerprint density at radius 1 is 1.15 bits per heavy atom. The first-order valence-corrected chi connectivity index (χ1v) is 11.4. The fourth-order valence-corrected chi connectivity index (χ4v) is 4.41. The molecule has 5 nitrogen and oxygen atoms in total. The predicted molar refractivity (Wildman–Crippen MR) is 122 cm³/mol. The predicted octanol–water partition coefficient (Wildman–Crippen LogP) is 5.98. The summed E-state index contributed by atoms with van der Waals surface area (Å²) in [4.78, 5) is 29.6. The highest BCUT2D eigenvalue weighted by atomic mass is 35.5. The monoisotopic (exact) mass is 512 g/mol. The van der Waals surface area contributed by atoms with Crippen molar-refractivity contribution in [2.45, 2.75) is 44.4 Å². The van der Waals surface area contributed by atoms with E-state index in [4.69, 9.17) is 28.0 Å². The van der Waals surface area contributed by atoms with Crippen molar-refractivity contribution >= 4 is 40.6 Å². The minimum atomic E-state index is -4.80. The second-order valence-corrected chi connectivity index (χ2v) is 9.54. The lowest BCUT2D eigenvalue weighted by Gasteiger charge is -2.29. The molecule has 1 unspecified atom stereocenters. The molecule has 0 bridgehead atoms. The number of ketones is 1. The highest BCUT2D eigenvalue weighted by Crippen LogP contribution is 2.49. The van der Waals surface area contributed by atoms with Gasteiger partial charge in [-0.2, -0.15) is 13.2 Å². The number of amides is 1. The Labute approximate surface area is 204 Å². The van der Waals surface area contributed by atoms with Gasteiger partial charge >= 0.3 is 6.18 Å². The molecule has 180 valence electrons. The SMILES string of the molecule is Cc1cc(C2=NOC(c3cc(Cl)cc(Cl)c3)(C(F)(F)F)C2)ccc1C(=O)CC(=O)NCC1CC1. The summed E-state index contributed by atoms with van der Waals surface area (Å²) in [6.45, 7) is 2.23. The average Bonchev–Trinajstić information content (AvgIpc) is 3.45. The van der Waals surface area contributed by atoms with Crippen molar-refractivity contribution in [2.75, 3.05) is 6.54 Å². The molecule has 0 aromatic heterocycles. The molecule has 1 heterocycles. The quantitative estimate of drug-likeness (QED) is 0.366. The Morgan fingerprint density at radius 2 is 1.82 bits per heavy atom. The number of carbonyl (C=O) groups is 2. The van der Waals surface area contributed by atoms with E-state index in [1.165, 1.54) is 18.2 Å². The third kappa shape index (κ3) is 5.08. The Morgan fingerprint density at radius 3 is 2.41 bits per heavy atom. The lowest BCUT2D eigenvalue weighted by Crippen LogP contribution is -2.42. The molecule has 2 aliphatic rings. The summed E-state index contributed by atoms with van der Waals surface area (Å²) in [5.74, 6) is -0.203. The standard InChI is InChI=1S/C24H21Cl2F3N2O3/c1-13-6-15(4-5-19(13)21(32)10-22(33)30-12-14-2-3-14)20-11-23(34-31-20,24(27,28)29)16-7-17(25)9-18(26)8-16/h4-9,14H,2-3,10-12H2,1H3,(H,30,33). The molecule has 1 N–H and O–H groups in total. The third-order valence-electron chi connectivity index (χ3n) is 5.98. The number of alkyl halides is 3. The number of halogens is 5. The van der Waals surface area contributed by atoms with Gasteiger partial charge in [0.05, 0.1) is 12.1 Å². The Kier molecular flexibility index (Phi) is 6.66. The second-order valence-electron chi connectivity index (χ2n) is 8.67. The zero-order valence-corrected chi connectivity index (χ0v) is 19.7. The van der Waals surface area contributed by atoms with Gasteiger partial charge in [0, 0.05) is 34.1 Å². The highest BCUT2D eigenvalue weighted by Gasteiger charge is 2.62. The normalized spacial score (nSPS) is 20.0. The summed E-state index contributed by atoms with van der Waals surface area (Å²) in [6, 6.07) is 8.20. The van der Waals surface area contributed by atoms with Gasteiger partial charge in [-0.25, -0.2) is 0 Å². The smallest absolute Gasteiger partial charge is 0.374 e. The fourth-order valence-electron chi connectivity index (χ4n) is 3.89. The van der Waals surface area contributed by atoms with Crippen molar-refractivity contribution in [3.05, 3.63) is 68.7 Å². The van der Waals surface area contributed by atoms with E-state index in [0.29, 0.717) is 29.2 Å². The second kappa shape index (κ2) is 9.23. The molecule has 34 heavy (non-hydrogen) atoms. The summed E-state index contributed by atoms with van der Waals surface area (Å²) >= 11 is 11.9. The molecule has 4 rings (SSSR count). The van der Waals surface area contributed by atoms with Crippen LogP contribution in [0.5, 0.6) is 0 Å². The highest BCUT2D eigenvalue weighted by molar-refractivity contribution is 6.34. The third-order valence-corrected chi connectivity index (χ3v) is 6.42. The zero-order chi connectivity index (χ0) is 24.7. The van der Waals surface area contributed by atoms with Crippen molar-refractivity contribution < 1.29 is 27.6 Å². The van der Waals surface area contributed by atoms with Gasteiger partial charge in [-0.05, 0) is 61.1 Å². The number of hydrogen-bond acceptors (Lipinski definition) is 4. The van der Waals surface area contributed by atoms with E-state index in [1.807, 2.05) is 0 Å². The minimum absolute atomic E-state index is 0.0445. The van der Waals surface area contributed by atoms with Gasteiger partial charge in [-0.1, -0.05) is 40.5 Å². The summed E-state index contributed by atoms with van der Waals surface area (Å²) in [5, 5.41) is 6.57. The molecule has 0 spiro atoms. The molecule has 0 radical (unpaired) electrons. The van der Waals surface area contributed by atoms with Crippen molar-refractivity contribution in [3.8, 4) is 0 Å². The molecule has 0 saturated heterocycles. The van der Waals surface area contributed by atoms with Gasteiger partial charge in [0.2, 0.25) is 5.91 Å². The van der Waals surface area contributed by atoms with Gasteiger partial charge in [-0.15, -0.1) is 0 Å². The molecule has 1 fully saturated rings. The van der Waals surface area contributed by atoms with Crippen LogP contribution in [0.3, 0.4) is 0 Å². The molecule has 1 atom stereocenters. The number of oxime groups is 1. The number of nitrogens with zero attached hydrogens (tertiary/aromatic N) is 1. The number of rotatable bonds is 7. The molecule has 1 aliphatic carbocycles. The summed E-state index contributed by atoms with van der Waals surface area (Å²) in [5.41, 5.74) is -1.69. The molecule has 2 aromatic rings. The van der Waals surface area contributed by atoms with Crippen LogP contribution in [0.2, 0.25) is 10.0 Å². The van der Waals surface area contributed by atoms with E-state index in [-0.39, 0.29) is 39.4 Å². The maximum absolute atomic E-state index is 14.2. The van der Waals surface area contributed by atoms with Gasteiger partial charge in [-0.3, -0.25) is 9.59 Å². The van der Waals surface area contributed by atoms with E-state index in [2.05, 4.69) is 10.5 Å². The first-order valence-electron chi connectivity index (χ1n) is 10.7. The largest absolute Gasteiger partial charge is 0.435 e. The summed E-state index contributed by atoms with van der Waals surface area (Å²) < 4.78 is 42.5. The van der Waals surface area contributed by atoms with Gasteiger partial charge in [0.25, 0.3) is 5.60 Å². The molecule has 1 amide bonds. The topological polar surface area (TPSA) is 67.8 Å². The van der Waals surface area contributed by atoms with E-state index >= 15 is 0 Å². The van der Waals surface area contributed by atoms with Crippen LogP contribution in [-0.4, -0.2) is 30.1 Å². The Bertz CT molecular complexity index is 1160. The van der Waals surface area contributed by atoms with Gasteiger partial charge in [0.1, 0.15) is 0 Å². The van der Waals surface area contributed by atoms with Crippen LogP contribution in [0, 0.1) is 12.8 Å². The maximum Gasteiger partial charge on any atom is 0.435 e. The number of nitrogens with one attached hydrogen (secondary N) is 1. The number of Topliss-reactive ketones (excluding diaryl/α,β-unsaturated/α-hetero) is 1. The van der Waals surface area contributed by atoms with Crippen molar-refractivity contribution in [3.63, 3.8) is 0 Å². The number of hydrogen-bond donors (Lipinski definition) is 1. The van der Waals surface area contributed by atoms with Crippen LogP contribution in [0.15, 0.2) is 41.6 Å². The lowest BCUT2D eigenvalue weighted by atomic mass is 9.86. The van der Waals surface area contributed by atoms with Gasteiger partial charge < -0.3 is 10.2 Å². The average molecular weight is 513 g/mol. The minimum Gasteiger partial charge on any atom is -0.374 e. The van der Waals surface area contributed by atoms with E-state index in [9.17, 15) is 22.8 Å². The van der Waals surface area contributed by atoms with Crippen LogP contribution < -0.4 is 5.32 Å². The Balaban J connectivity index is 1.52. The number of carbonyl (C=O) groups excluding carboxylic acids is 2. The molecular formula is C24H21Cl2F3N2O3.